The van der Waals surface area contributed by atoms with Crippen LogP contribution in [0.3, 0.4) is 0 Å². The Morgan fingerprint density at radius 3 is 2.65 bits per heavy atom. The molecule has 0 bridgehead atoms. The van der Waals surface area contributed by atoms with E-state index in [1.165, 1.54) is 7.11 Å². The number of ketones is 2. The van der Waals surface area contributed by atoms with E-state index in [9.17, 15) is 22.8 Å². The van der Waals surface area contributed by atoms with E-state index in [2.05, 4.69) is 11.8 Å². The van der Waals surface area contributed by atoms with Gasteiger partial charge in [-0.25, -0.2) is 0 Å². The number of ether oxygens (including phenoxy) is 1. The number of esters is 1. The third kappa shape index (κ3) is 4.22. The molecule has 3 fully saturated rings. The molecule has 0 amide bonds. The maximum Gasteiger partial charge on any atom is 0.309 e. The standard InChI is InChI=1S/C25H30O8S/c1-5-6-20-15(8-10-32-20)14-11-17-16(19(26)12-14)7-9-25(2)18(24(28)31-3)13-21(23(27)22(17)25)33-34(4,29)30/h8,10,14,16-18,21-22H,7,9,11-13H2,1-4H3. The zero-order valence-electron chi connectivity index (χ0n) is 19.8. The Bertz CT molecular complexity index is 1170. The second-order valence-electron chi connectivity index (χ2n) is 9.98. The Morgan fingerprint density at radius 1 is 1.26 bits per heavy atom. The maximum absolute atomic E-state index is 13.7. The van der Waals surface area contributed by atoms with Gasteiger partial charge in [0, 0.05) is 23.8 Å². The first-order valence-corrected chi connectivity index (χ1v) is 13.3. The number of rotatable bonds is 4. The number of hydrogen-bond acceptors (Lipinski definition) is 8. The molecule has 3 aliphatic rings. The SMILES string of the molecule is CC#Cc1occc1C1CC(=O)C2CCC3(C)C(C(=O)OC)CC(OS(C)(=O)=O)C(=O)C3C2C1. The number of furan rings is 1. The molecule has 184 valence electrons. The van der Waals surface area contributed by atoms with Gasteiger partial charge in [0.15, 0.2) is 11.5 Å². The van der Waals surface area contributed by atoms with E-state index in [4.69, 9.17) is 13.3 Å². The highest BCUT2D eigenvalue weighted by atomic mass is 32.2. The number of carbonyl (C=O) groups is 3. The third-order valence-electron chi connectivity index (χ3n) is 8.09. The first kappa shape index (κ1) is 24.7. The van der Waals surface area contributed by atoms with Gasteiger partial charge in [0.2, 0.25) is 0 Å². The second-order valence-corrected chi connectivity index (χ2v) is 11.6. The van der Waals surface area contributed by atoms with Crippen LogP contribution in [0.5, 0.6) is 0 Å². The first-order valence-electron chi connectivity index (χ1n) is 11.5. The highest BCUT2D eigenvalue weighted by Gasteiger charge is 2.62. The quantitative estimate of drug-likeness (QED) is 0.359. The molecule has 3 aliphatic carbocycles. The molecule has 0 aliphatic heterocycles. The molecule has 8 nitrogen and oxygen atoms in total. The normalized spacial score (nSPS) is 35.5. The highest BCUT2D eigenvalue weighted by molar-refractivity contribution is 7.86. The predicted molar refractivity (Wildman–Crippen MR) is 121 cm³/mol. The molecular weight excluding hydrogens is 460 g/mol. The van der Waals surface area contributed by atoms with Crippen molar-refractivity contribution in [2.24, 2.45) is 29.1 Å². The van der Waals surface area contributed by atoms with Crippen LogP contribution in [0.2, 0.25) is 0 Å². The van der Waals surface area contributed by atoms with E-state index in [-0.39, 0.29) is 35.7 Å². The molecule has 9 heteroatoms. The third-order valence-corrected chi connectivity index (χ3v) is 8.67. The summed E-state index contributed by atoms with van der Waals surface area (Å²) in [7, 11) is -2.65. The van der Waals surface area contributed by atoms with Crippen LogP contribution in [0.25, 0.3) is 0 Å². The second kappa shape index (κ2) is 8.97. The van der Waals surface area contributed by atoms with E-state index in [1.54, 1.807) is 13.2 Å². The van der Waals surface area contributed by atoms with E-state index in [1.807, 2.05) is 13.0 Å². The molecule has 0 radical (unpaired) electrons. The van der Waals surface area contributed by atoms with Gasteiger partial charge in [0.25, 0.3) is 10.1 Å². The molecule has 34 heavy (non-hydrogen) atoms. The first-order chi connectivity index (χ1) is 16.0. The van der Waals surface area contributed by atoms with Gasteiger partial charge in [0.05, 0.1) is 25.5 Å². The van der Waals surface area contributed by atoms with Crippen molar-refractivity contribution >= 4 is 27.7 Å². The summed E-state index contributed by atoms with van der Waals surface area (Å²) in [5.41, 5.74) is 0.0815. The van der Waals surface area contributed by atoms with Gasteiger partial charge in [-0.2, -0.15) is 8.42 Å². The topological polar surface area (TPSA) is 117 Å². The van der Waals surface area contributed by atoms with E-state index < -0.39 is 39.4 Å². The zero-order valence-corrected chi connectivity index (χ0v) is 20.6. The van der Waals surface area contributed by atoms with Gasteiger partial charge in [-0.05, 0) is 61.8 Å². The Kier molecular flexibility index (Phi) is 6.51. The van der Waals surface area contributed by atoms with Gasteiger partial charge >= 0.3 is 5.97 Å². The Labute approximate surface area is 199 Å². The van der Waals surface area contributed by atoms with Gasteiger partial charge in [-0.3, -0.25) is 18.6 Å². The number of carbonyl (C=O) groups excluding carboxylic acids is 3. The summed E-state index contributed by atoms with van der Waals surface area (Å²) in [6.07, 6.45) is 3.06. The highest BCUT2D eigenvalue weighted by Crippen LogP contribution is 2.60. The average molecular weight is 491 g/mol. The molecule has 7 unspecified atom stereocenters. The van der Waals surface area contributed by atoms with Gasteiger partial charge in [-0.15, -0.1) is 0 Å². The van der Waals surface area contributed by atoms with Crippen molar-refractivity contribution in [3.63, 3.8) is 0 Å². The summed E-state index contributed by atoms with van der Waals surface area (Å²) >= 11 is 0. The summed E-state index contributed by atoms with van der Waals surface area (Å²) in [5.74, 6) is 3.26. The van der Waals surface area contributed by atoms with E-state index >= 15 is 0 Å². The molecule has 7 atom stereocenters. The minimum atomic E-state index is -3.94. The van der Waals surface area contributed by atoms with Crippen LogP contribution in [0, 0.1) is 40.9 Å². The smallest absolute Gasteiger partial charge is 0.309 e. The molecule has 0 aromatic carbocycles. The maximum atomic E-state index is 13.7. The Morgan fingerprint density at radius 2 is 2.00 bits per heavy atom. The van der Waals surface area contributed by atoms with Gasteiger partial charge in [0.1, 0.15) is 11.9 Å². The fraction of sp³-hybridized carbons (Fsp3) is 0.640. The summed E-state index contributed by atoms with van der Waals surface area (Å²) in [6.45, 7) is 3.60. The van der Waals surface area contributed by atoms with Crippen molar-refractivity contribution in [3.8, 4) is 11.8 Å². The minimum Gasteiger partial charge on any atom is -0.469 e. The number of Topliss-reactive ketones (excluding diaryl/α,β-unsaturated/α-hetero) is 2. The molecular formula is C25H30O8S. The van der Waals surface area contributed by atoms with Crippen molar-refractivity contribution < 1.29 is 36.1 Å². The molecule has 0 saturated heterocycles. The van der Waals surface area contributed by atoms with Crippen LogP contribution >= 0.6 is 0 Å². The molecule has 0 N–H and O–H groups in total. The average Bonchev–Trinajstić information content (AvgIpc) is 3.22. The lowest BCUT2D eigenvalue weighted by Gasteiger charge is -2.56. The summed E-state index contributed by atoms with van der Waals surface area (Å²) in [4.78, 5) is 39.8. The monoisotopic (exact) mass is 490 g/mol. The zero-order chi connectivity index (χ0) is 24.8. The Hall–Kier alpha value is -2.44. The molecule has 1 aromatic rings. The summed E-state index contributed by atoms with van der Waals surface area (Å²) in [6, 6.07) is 1.81. The number of hydrogen-bond donors (Lipinski definition) is 0. The lowest BCUT2D eigenvalue weighted by atomic mass is 9.46. The fourth-order valence-corrected chi connectivity index (χ4v) is 7.28. The molecule has 0 spiro atoms. The van der Waals surface area contributed by atoms with E-state index in [0.29, 0.717) is 31.4 Å². The van der Waals surface area contributed by atoms with Crippen molar-refractivity contribution in [2.75, 3.05) is 13.4 Å². The van der Waals surface area contributed by atoms with Crippen LogP contribution in [-0.2, 0) is 33.4 Å². The van der Waals surface area contributed by atoms with Crippen molar-refractivity contribution in [1.29, 1.82) is 0 Å². The van der Waals surface area contributed by atoms with Gasteiger partial charge < -0.3 is 9.15 Å². The minimum absolute atomic E-state index is 0.0572. The van der Waals surface area contributed by atoms with Crippen molar-refractivity contribution in [1.82, 2.24) is 0 Å². The molecule has 4 rings (SSSR count). The number of methoxy groups -OCH3 is 1. The van der Waals surface area contributed by atoms with Crippen molar-refractivity contribution in [3.05, 3.63) is 23.7 Å². The van der Waals surface area contributed by atoms with Crippen LogP contribution in [-0.4, -0.2) is 45.4 Å². The van der Waals surface area contributed by atoms with Crippen LogP contribution in [0.4, 0.5) is 0 Å². The van der Waals surface area contributed by atoms with E-state index in [0.717, 1.165) is 11.8 Å². The van der Waals surface area contributed by atoms with Crippen molar-refractivity contribution in [2.45, 2.75) is 58.0 Å². The molecule has 3 saturated carbocycles. The Balaban J connectivity index is 1.76. The summed E-state index contributed by atoms with van der Waals surface area (Å²) < 4.78 is 39.5. The summed E-state index contributed by atoms with van der Waals surface area (Å²) in [5, 5.41) is 0. The molecule has 1 aromatic heterocycles. The predicted octanol–water partition coefficient (Wildman–Crippen LogP) is 2.85. The molecule has 1 heterocycles. The van der Waals surface area contributed by atoms with Crippen LogP contribution in [0.15, 0.2) is 16.7 Å². The van der Waals surface area contributed by atoms with Crippen LogP contribution < -0.4 is 0 Å². The lowest BCUT2D eigenvalue weighted by molar-refractivity contribution is -0.174. The lowest BCUT2D eigenvalue weighted by Crippen LogP contribution is -2.60. The van der Waals surface area contributed by atoms with Gasteiger partial charge in [-0.1, -0.05) is 12.8 Å². The number of fused-ring (bicyclic) bond motifs is 3. The van der Waals surface area contributed by atoms with Crippen LogP contribution in [0.1, 0.15) is 63.2 Å². The fourth-order valence-electron chi connectivity index (χ4n) is 6.69. The largest absolute Gasteiger partial charge is 0.469 e.